The van der Waals surface area contributed by atoms with E-state index in [1.54, 1.807) is 0 Å². The number of rotatable bonds is 5. The van der Waals surface area contributed by atoms with Gasteiger partial charge in [0.05, 0.1) is 24.4 Å². The topological polar surface area (TPSA) is 76.0 Å². The van der Waals surface area contributed by atoms with E-state index in [0.717, 1.165) is 24.8 Å². The van der Waals surface area contributed by atoms with Crippen LogP contribution in [0.3, 0.4) is 0 Å². The van der Waals surface area contributed by atoms with Crippen molar-refractivity contribution in [2.75, 3.05) is 5.75 Å². The maximum Gasteiger partial charge on any atom is 0.241 e. The lowest BCUT2D eigenvalue weighted by molar-refractivity contribution is -0.127. The molecule has 0 aromatic heterocycles. The van der Waals surface area contributed by atoms with Gasteiger partial charge in [-0.15, -0.1) is 0 Å². The number of nitrogens with zero attached hydrogens (tertiary/aromatic N) is 2. The van der Waals surface area contributed by atoms with Crippen LogP contribution in [0, 0.1) is 16.7 Å². The van der Waals surface area contributed by atoms with Crippen molar-refractivity contribution in [3.63, 3.8) is 0 Å². The lowest BCUT2D eigenvalue weighted by atomic mass is 9.69. The Hall–Kier alpha value is -1.89. The van der Waals surface area contributed by atoms with Gasteiger partial charge in [0.1, 0.15) is 6.61 Å². The molecule has 1 aliphatic heterocycles. The summed E-state index contributed by atoms with van der Waals surface area (Å²) in [5.74, 6) is 0.199. The van der Waals surface area contributed by atoms with E-state index < -0.39 is 15.9 Å². The molecule has 1 amide bonds. The van der Waals surface area contributed by atoms with Gasteiger partial charge >= 0.3 is 0 Å². The molecule has 3 aliphatic rings. The second-order valence-electron chi connectivity index (χ2n) is 8.56. The largest absolute Gasteiger partial charge is 0.391 e. The molecule has 1 aromatic rings. The van der Waals surface area contributed by atoms with Crippen molar-refractivity contribution >= 4 is 22.1 Å². The minimum absolute atomic E-state index is 0.0351. The van der Waals surface area contributed by atoms with Gasteiger partial charge in [-0.25, -0.2) is 12.7 Å². The second-order valence-corrected chi connectivity index (χ2v) is 10.4. The van der Waals surface area contributed by atoms with Crippen molar-refractivity contribution in [2.45, 2.75) is 52.2 Å². The molecule has 0 N–H and O–H groups in total. The van der Waals surface area contributed by atoms with E-state index in [9.17, 15) is 13.2 Å². The maximum atomic E-state index is 12.8. The highest BCUT2D eigenvalue weighted by Crippen LogP contribution is 2.69. The van der Waals surface area contributed by atoms with Crippen molar-refractivity contribution in [3.8, 4) is 0 Å². The Balaban J connectivity index is 1.41. The second kappa shape index (κ2) is 6.33. The van der Waals surface area contributed by atoms with Crippen molar-refractivity contribution in [1.82, 2.24) is 4.31 Å². The lowest BCUT2D eigenvalue weighted by Crippen LogP contribution is -2.44. The zero-order valence-corrected chi connectivity index (χ0v) is 16.6. The van der Waals surface area contributed by atoms with Crippen molar-refractivity contribution in [1.29, 1.82) is 0 Å². The Morgan fingerprint density at radius 2 is 2.07 bits per heavy atom. The molecule has 0 unspecified atom stereocenters. The summed E-state index contributed by atoms with van der Waals surface area (Å²) in [4.78, 5) is 17.9. The molecule has 2 saturated carbocycles. The SMILES string of the molecule is CC1(C)[C@@H]2CC[C@]13CS(=O)(=O)N(C(=O)C/C=N/OCc1ccccc1)[C@@H]3C2. The standard InChI is InChI=1S/C20H26N2O4S/c1-19(2)16-8-10-20(19)14-27(24,25)22(17(20)12-16)18(23)9-11-21-26-13-15-6-4-3-5-7-15/h3-7,11,16-17H,8-10,12-14H2,1-2H3/b21-11+/t16-,17-,20-/m1/s1. The first-order valence-corrected chi connectivity index (χ1v) is 11.1. The number of carbonyl (C=O) groups excluding carboxylic acids is 1. The number of benzene rings is 1. The number of hydrogen-bond acceptors (Lipinski definition) is 5. The quantitative estimate of drug-likeness (QED) is 0.572. The first kappa shape index (κ1) is 18.5. The van der Waals surface area contributed by atoms with E-state index in [2.05, 4.69) is 19.0 Å². The first-order chi connectivity index (χ1) is 12.8. The van der Waals surface area contributed by atoms with Crippen molar-refractivity contribution < 1.29 is 18.0 Å². The first-order valence-electron chi connectivity index (χ1n) is 9.51. The Kier molecular flexibility index (Phi) is 4.33. The molecule has 3 atom stereocenters. The molecule has 4 rings (SSSR count). The van der Waals surface area contributed by atoms with Gasteiger partial charge in [-0.3, -0.25) is 4.79 Å². The maximum absolute atomic E-state index is 12.8. The molecule has 2 aliphatic carbocycles. The van der Waals surface area contributed by atoms with Gasteiger partial charge in [0.25, 0.3) is 0 Å². The number of hydrogen-bond donors (Lipinski definition) is 0. The van der Waals surface area contributed by atoms with Crippen molar-refractivity contribution in [2.24, 2.45) is 21.9 Å². The van der Waals surface area contributed by atoms with Crippen LogP contribution in [-0.2, 0) is 26.3 Å². The third kappa shape index (κ3) is 2.78. The molecule has 27 heavy (non-hydrogen) atoms. The number of sulfonamides is 1. The summed E-state index contributed by atoms with van der Waals surface area (Å²) in [6, 6.07) is 9.41. The van der Waals surface area contributed by atoms with Crippen LogP contribution in [0.2, 0.25) is 0 Å². The third-order valence-corrected chi connectivity index (χ3v) is 9.08. The molecule has 6 nitrogen and oxygen atoms in total. The van der Waals surface area contributed by atoms with Crippen LogP contribution in [0.25, 0.3) is 0 Å². The summed E-state index contributed by atoms with van der Waals surface area (Å²) in [5, 5.41) is 3.82. The fourth-order valence-corrected chi connectivity index (χ4v) is 8.12. The fourth-order valence-electron chi connectivity index (χ4n) is 5.56. The summed E-state index contributed by atoms with van der Waals surface area (Å²) in [6.45, 7) is 4.66. The average Bonchev–Trinajstić information content (AvgIpc) is 3.09. The molecule has 0 radical (unpaired) electrons. The molecular formula is C20H26N2O4S. The summed E-state index contributed by atoms with van der Waals surface area (Å²) >= 11 is 0. The Morgan fingerprint density at radius 1 is 1.33 bits per heavy atom. The van der Waals surface area contributed by atoms with Crippen LogP contribution in [0.5, 0.6) is 0 Å². The van der Waals surface area contributed by atoms with E-state index in [0.29, 0.717) is 12.5 Å². The molecule has 1 aromatic carbocycles. The zero-order valence-electron chi connectivity index (χ0n) is 15.8. The van der Waals surface area contributed by atoms with Crippen LogP contribution < -0.4 is 0 Å². The average molecular weight is 391 g/mol. The number of carbonyl (C=O) groups is 1. The van der Waals surface area contributed by atoms with Gasteiger partial charge in [0.15, 0.2) is 0 Å². The monoisotopic (exact) mass is 390 g/mol. The highest BCUT2D eigenvalue weighted by molar-refractivity contribution is 7.90. The van der Waals surface area contributed by atoms with Gasteiger partial charge in [-0.2, -0.15) is 0 Å². The van der Waals surface area contributed by atoms with Crippen LogP contribution in [0.1, 0.15) is 45.1 Å². The molecule has 1 saturated heterocycles. The Bertz CT molecular complexity index is 865. The van der Waals surface area contributed by atoms with E-state index >= 15 is 0 Å². The highest BCUT2D eigenvalue weighted by atomic mass is 32.2. The third-order valence-electron chi connectivity index (χ3n) is 7.15. The van der Waals surface area contributed by atoms with Crippen LogP contribution in [-0.4, -0.2) is 36.6 Å². The molecule has 1 spiro atoms. The minimum Gasteiger partial charge on any atom is -0.391 e. The summed E-state index contributed by atoms with van der Waals surface area (Å²) in [7, 11) is -3.56. The van der Waals surface area contributed by atoms with E-state index in [-0.39, 0.29) is 29.0 Å². The molecule has 3 fully saturated rings. The van der Waals surface area contributed by atoms with Gasteiger partial charge in [0.2, 0.25) is 15.9 Å². The zero-order chi connectivity index (χ0) is 19.3. The number of oxime groups is 1. The summed E-state index contributed by atoms with van der Waals surface area (Å²) in [6.07, 6.45) is 4.05. The molecule has 146 valence electrons. The van der Waals surface area contributed by atoms with Crippen LogP contribution >= 0.6 is 0 Å². The van der Waals surface area contributed by atoms with Crippen LogP contribution in [0.4, 0.5) is 0 Å². The Labute approximate surface area is 160 Å². The van der Waals surface area contributed by atoms with E-state index in [4.69, 9.17) is 4.84 Å². The van der Waals surface area contributed by atoms with Gasteiger partial charge < -0.3 is 4.84 Å². The number of amides is 1. The summed E-state index contributed by atoms with van der Waals surface area (Å²) < 4.78 is 26.8. The highest BCUT2D eigenvalue weighted by Gasteiger charge is 2.72. The molecule has 1 heterocycles. The molecule has 2 bridgehead atoms. The number of fused-ring (bicyclic) bond motifs is 1. The molecular weight excluding hydrogens is 364 g/mol. The predicted octanol–water partition coefficient (Wildman–Crippen LogP) is 2.95. The van der Waals surface area contributed by atoms with E-state index in [1.807, 2.05) is 30.3 Å². The lowest BCUT2D eigenvalue weighted by Gasteiger charge is -2.37. The summed E-state index contributed by atoms with van der Waals surface area (Å²) in [5.41, 5.74) is 0.661. The van der Waals surface area contributed by atoms with Gasteiger partial charge in [-0.05, 0) is 36.2 Å². The Morgan fingerprint density at radius 3 is 2.78 bits per heavy atom. The van der Waals surface area contributed by atoms with Crippen molar-refractivity contribution in [3.05, 3.63) is 35.9 Å². The minimum atomic E-state index is -3.56. The fraction of sp³-hybridized carbons (Fsp3) is 0.600. The normalized spacial score (nSPS) is 32.7. The van der Waals surface area contributed by atoms with E-state index in [1.165, 1.54) is 10.5 Å². The molecule has 7 heteroatoms. The van der Waals surface area contributed by atoms with Gasteiger partial charge in [0, 0.05) is 5.41 Å². The van der Waals surface area contributed by atoms with Crippen LogP contribution in [0.15, 0.2) is 35.5 Å². The van der Waals surface area contributed by atoms with Gasteiger partial charge in [-0.1, -0.05) is 49.3 Å². The predicted molar refractivity (Wildman–Crippen MR) is 102 cm³/mol. The smallest absolute Gasteiger partial charge is 0.241 e.